The van der Waals surface area contributed by atoms with E-state index in [4.69, 9.17) is 15.2 Å². The van der Waals surface area contributed by atoms with Gasteiger partial charge in [-0.2, -0.15) is 0 Å². The maximum absolute atomic E-state index is 12.0. The molecule has 2 atom stereocenters. The zero-order valence-corrected chi connectivity index (χ0v) is 12.4. The topological polar surface area (TPSA) is 81.9 Å². The van der Waals surface area contributed by atoms with Crippen molar-refractivity contribution in [3.63, 3.8) is 0 Å². The highest BCUT2D eigenvalue weighted by Crippen LogP contribution is 2.30. The molecule has 2 N–H and O–H groups in total. The van der Waals surface area contributed by atoms with Crippen LogP contribution >= 0.6 is 0 Å². The fraction of sp³-hybridized carbons (Fsp3) is 0.846. The molecule has 1 heterocycles. The third-order valence-corrected chi connectivity index (χ3v) is 3.33. The monoisotopic (exact) mass is 272 g/mol. The molecule has 1 aliphatic heterocycles. The number of nitrogens with zero attached hydrogens (tertiary/aromatic N) is 1. The third-order valence-electron chi connectivity index (χ3n) is 3.33. The van der Waals surface area contributed by atoms with Crippen molar-refractivity contribution in [2.45, 2.75) is 45.3 Å². The first-order valence-electron chi connectivity index (χ1n) is 6.49. The number of ether oxygens (including phenoxy) is 2. The fourth-order valence-electron chi connectivity index (χ4n) is 2.32. The van der Waals surface area contributed by atoms with E-state index in [9.17, 15) is 9.59 Å². The predicted molar refractivity (Wildman–Crippen MR) is 70.5 cm³/mol. The maximum Gasteiger partial charge on any atom is 0.410 e. The summed E-state index contributed by atoms with van der Waals surface area (Å²) in [5.41, 5.74) is 4.43. The molecule has 6 nitrogen and oxygen atoms in total. The third kappa shape index (κ3) is 3.37. The highest BCUT2D eigenvalue weighted by molar-refractivity contribution is 5.83. The van der Waals surface area contributed by atoms with E-state index in [2.05, 4.69) is 0 Å². The number of hydrogen-bond donors (Lipinski definition) is 1. The van der Waals surface area contributed by atoms with Crippen LogP contribution in [0, 0.1) is 5.92 Å². The van der Waals surface area contributed by atoms with Crippen molar-refractivity contribution >= 4 is 12.1 Å². The smallest absolute Gasteiger partial charge is 0.410 e. The first-order valence-corrected chi connectivity index (χ1v) is 6.49. The summed E-state index contributed by atoms with van der Waals surface area (Å²) in [6.07, 6.45) is 0.257. The second kappa shape index (κ2) is 5.36. The van der Waals surface area contributed by atoms with Crippen molar-refractivity contribution in [3.05, 3.63) is 0 Å². The predicted octanol–water partition coefficient (Wildman–Crippen LogP) is 1.13. The Morgan fingerprint density at radius 2 is 2.00 bits per heavy atom. The summed E-state index contributed by atoms with van der Waals surface area (Å²) in [6, 6.07) is 0. The van der Waals surface area contributed by atoms with Gasteiger partial charge in [-0.1, -0.05) is 6.92 Å². The Morgan fingerprint density at radius 1 is 1.42 bits per heavy atom. The van der Waals surface area contributed by atoms with Gasteiger partial charge in [0.2, 0.25) is 0 Å². The Kier molecular flexibility index (Phi) is 4.45. The molecule has 0 aromatic rings. The van der Waals surface area contributed by atoms with Crippen LogP contribution in [0.3, 0.4) is 0 Å². The molecular weight excluding hydrogens is 248 g/mol. The van der Waals surface area contributed by atoms with Gasteiger partial charge < -0.3 is 20.1 Å². The van der Waals surface area contributed by atoms with Gasteiger partial charge in [-0.25, -0.2) is 9.59 Å². The van der Waals surface area contributed by atoms with Crippen molar-refractivity contribution < 1.29 is 19.1 Å². The van der Waals surface area contributed by atoms with Gasteiger partial charge in [0, 0.05) is 12.5 Å². The summed E-state index contributed by atoms with van der Waals surface area (Å²) < 4.78 is 10.1. The number of carbonyl (C=O) groups excluding carboxylic acids is 2. The molecule has 0 saturated carbocycles. The van der Waals surface area contributed by atoms with Crippen LogP contribution in [0.2, 0.25) is 0 Å². The van der Waals surface area contributed by atoms with Crippen LogP contribution in [-0.4, -0.2) is 48.3 Å². The second-order valence-corrected chi connectivity index (χ2v) is 6.00. The molecule has 0 radical (unpaired) electrons. The summed E-state index contributed by atoms with van der Waals surface area (Å²) in [5, 5.41) is 0. The SMILES string of the molecule is CC[C@H]1CN(C(=O)OC(C)(C)C)C[C@@]1(N)C(=O)OC. The molecule has 0 bridgehead atoms. The first-order chi connectivity index (χ1) is 8.64. The summed E-state index contributed by atoms with van der Waals surface area (Å²) >= 11 is 0. The van der Waals surface area contributed by atoms with Gasteiger partial charge in [-0.05, 0) is 27.2 Å². The zero-order chi connectivity index (χ0) is 14.8. The van der Waals surface area contributed by atoms with E-state index in [1.807, 2.05) is 6.92 Å². The van der Waals surface area contributed by atoms with E-state index in [1.54, 1.807) is 20.8 Å². The first kappa shape index (κ1) is 15.8. The molecule has 0 aromatic carbocycles. The summed E-state index contributed by atoms with van der Waals surface area (Å²) in [6.45, 7) is 7.88. The summed E-state index contributed by atoms with van der Waals surface area (Å²) in [7, 11) is 1.31. The molecule has 110 valence electrons. The molecule has 6 heteroatoms. The lowest BCUT2D eigenvalue weighted by Crippen LogP contribution is -2.55. The van der Waals surface area contributed by atoms with Gasteiger partial charge in [-0.15, -0.1) is 0 Å². The Balaban J connectivity index is 2.82. The van der Waals surface area contributed by atoms with Crippen LogP contribution in [0.25, 0.3) is 0 Å². The fourth-order valence-corrected chi connectivity index (χ4v) is 2.32. The van der Waals surface area contributed by atoms with Gasteiger partial charge in [0.25, 0.3) is 0 Å². The van der Waals surface area contributed by atoms with Crippen molar-refractivity contribution in [2.24, 2.45) is 11.7 Å². The molecule has 1 aliphatic rings. The minimum absolute atomic E-state index is 0.118. The van der Waals surface area contributed by atoms with Gasteiger partial charge in [0.05, 0.1) is 13.7 Å². The van der Waals surface area contributed by atoms with E-state index in [1.165, 1.54) is 12.0 Å². The molecule has 0 aliphatic carbocycles. The van der Waals surface area contributed by atoms with E-state index in [-0.39, 0.29) is 12.5 Å². The number of esters is 1. The lowest BCUT2D eigenvalue weighted by Gasteiger charge is -2.26. The van der Waals surface area contributed by atoms with E-state index >= 15 is 0 Å². The minimum atomic E-state index is -1.14. The number of amides is 1. The highest BCUT2D eigenvalue weighted by atomic mass is 16.6. The minimum Gasteiger partial charge on any atom is -0.468 e. The number of carbonyl (C=O) groups is 2. The van der Waals surface area contributed by atoms with Crippen LogP contribution in [0.4, 0.5) is 4.79 Å². The molecular formula is C13H24N2O4. The molecule has 1 amide bonds. The number of nitrogens with two attached hydrogens (primary N) is 1. The Labute approximate surface area is 114 Å². The Hall–Kier alpha value is -1.30. The van der Waals surface area contributed by atoms with Crippen LogP contribution in [0.15, 0.2) is 0 Å². The van der Waals surface area contributed by atoms with Gasteiger partial charge in [0.15, 0.2) is 0 Å². The quantitative estimate of drug-likeness (QED) is 0.762. The summed E-state index contributed by atoms with van der Waals surface area (Å²) in [4.78, 5) is 25.3. The number of hydrogen-bond acceptors (Lipinski definition) is 5. The van der Waals surface area contributed by atoms with Crippen molar-refractivity contribution in [2.75, 3.05) is 20.2 Å². The summed E-state index contributed by atoms with van der Waals surface area (Å²) in [5.74, 6) is -0.599. The molecule has 0 aromatic heterocycles. The lowest BCUT2D eigenvalue weighted by atomic mass is 9.86. The van der Waals surface area contributed by atoms with Gasteiger partial charge in [-0.3, -0.25) is 0 Å². The van der Waals surface area contributed by atoms with E-state index in [0.29, 0.717) is 13.0 Å². The number of methoxy groups -OCH3 is 1. The molecule has 0 unspecified atom stereocenters. The molecule has 1 fully saturated rings. The normalized spacial score (nSPS) is 27.3. The molecule has 19 heavy (non-hydrogen) atoms. The standard InChI is InChI=1S/C13H24N2O4/c1-6-9-7-15(11(17)19-12(2,3)4)8-13(9,14)10(16)18-5/h9H,6-8,14H2,1-5H3/t9-,13-/m0/s1. The van der Waals surface area contributed by atoms with Gasteiger partial charge in [0.1, 0.15) is 11.1 Å². The van der Waals surface area contributed by atoms with E-state index in [0.717, 1.165) is 0 Å². The average Bonchev–Trinajstić information content (AvgIpc) is 2.64. The highest BCUT2D eigenvalue weighted by Gasteiger charge is 2.51. The molecule has 1 saturated heterocycles. The van der Waals surface area contributed by atoms with Crippen LogP contribution < -0.4 is 5.73 Å². The van der Waals surface area contributed by atoms with Crippen molar-refractivity contribution in [1.82, 2.24) is 4.90 Å². The number of likely N-dealkylation sites (tertiary alicyclic amines) is 1. The van der Waals surface area contributed by atoms with E-state index < -0.39 is 23.2 Å². The number of rotatable bonds is 2. The maximum atomic E-state index is 12.0. The Bertz CT molecular complexity index is 364. The molecule has 1 rings (SSSR count). The largest absolute Gasteiger partial charge is 0.468 e. The van der Waals surface area contributed by atoms with Gasteiger partial charge >= 0.3 is 12.1 Å². The van der Waals surface area contributed by atoms with Crippen molar-refractivity contribution in [1.29, 1.82) is 0 Å². The second-order valence-electron chi connectivity index (χ2n) is 6.00. The average molecular weight is 272 g/mol. The Morgan fingerprint density at radius 3 is 2.42 bits per heavy atom. The zero-order valence-electron chi connectivity index (χ0n) is 12.4. The van der Waals surface area contributed by atoms with Crippen molar-refractivity contribution in [3.8, 4) is 0 Å². The van der Waals surface area contributed by atoms with Crippen LogP contribution in [-0.2, 0) is 14.3 Å². The lowest BCUT2D eigenvalue weighted by molar-refractivity contribution is -0.148. The van der Waals surface area contributed by atoms with Crippen LogP contribution in [0.5, 0.6) is 0 Å². The van der Waals surface area contributed by atoms with Crippen LogP contribution in [0.1, 0.15) is 34.1 Å². The molecule has 0 spiro atoms.